The maximum atomic E-state index is 9.23. The van der Waals surface area contributed by atoms with Crippen molar-refractivity contribution in [2.75, 3.05) is 0 Å². The minimum atomic E-state index is 0.300. The number of hydrogen-bond acceptors (Lipinski definition) is 2. The lowest BCUT2D eigenvalue weighted by molar-refractivity contribution is 0.475. The molecule has 0 aliphatic heterocycles. The molecule has 2 N–H and O–H groups in total. The summed E-state index contributed by atoms with van der Waals surface area (Å²) in [6.07, 6.45) is 0. The molecule has 4 rings (SSSR count). The predicted molar refractivity (Wildman–Crippen MR) is 107 cm³/mol. The normalized spacial score (nSPS) is 10.4. The van der Waals surface area contributed by atoms with Gasteiger partial charge in [0.1, 0.15) is 11.5 Å². The number of benzene rings is 4. The number of phenolic OH excluding ortho intramolecular Hbond substituents is 2. The van der Waals surface area contributed by atoms with E-state index in [9.17, 15) is 10.2 Å². The average Bonchev–Trinajstić information content (AvgIpc) is 2.56. The van der Waals surface area contributed by atoms with Gasteiger partial charge in [-0.25, -0.2) is 0 Å². The van der Waals surface area contributed by atoms with E-state index in [1.54, 1.807) is 24.3 Å². The highest BCUT2D eigenvalue weighted by atomic mass is 79.9. The van der Waals surface area contributed by atoms with Crippen LogP contribution in [0.5, 0.6) is 11.5 Å². The Morgan fingerprint density at radius 3 is 1.88 bits per heavy atom. The summed E-state index contributed by atoms with van der Waals surface area (Å²) in [5.41, 5.74) is 0. The summed E-state index contributed by atoms with van der Waals surface area (Å²) >= 11 is 6.86. The van der Waals surface area contributed by atoms with E-state index in [0.29, 0.717) is 11.5 Å². The highest BCUT2D eigenvalue weighted by Crippen LogP contribution is 2.27. The highest BCUT2D eigenvalue weighted by Gasteiger charge is 1.98. The van der Waals surface area contributed by atoms with E-state index >= 15 is 0 Å². The van der Waals surface area contributed by atoms with Gasteiger partial charge in [-0.15, -0.1) is 0 Å². The molecule has 0 spiro atoms. The Morgan fingerprint density at radius 2 is 1.12 bits per heavy atom. The fourth-order valence-corrected chi connectivity index (χ4v) is 3.46. The average molecular weight is 446 g/mol. The van der Waals surface area contributed by atoms with Crippen LogP contribution in [0.2, 0.25) is 0 Å². The second kappa shape index (κ2) is 7.24. The van der Waals surface area contributed by atoms with Gasteiger partial charge in [0, 0.05) is 8.95 Å². The Morgan fingerprint density at radius 1 is 0.542 bits per heavy atom. The molecule has 24 heavy (non-hydrogen) atoms. The number of hydrogen-bond donors (Lipinski definition) is 2. The minimum absolute atomic E-state index is 0.300. The van der Waals surface area contributed by atoms with E-state index in [0.717, 1.165) is 30.5 Å². The quantitative estimate of drug-likeness (QED) is 0.319. The van der Waals surface area contributed by atoms with E-state index < -0.39 is 0 Å². The molecule has 0 amide bonds. The van der Waals surface area contributed by atoms with Gasteiger partial charge < -0.3 is 10.2 Å². The molecule has 0 bridgehead atoms. The number of halogens is 2. The molecule has 0 saturated heterocycles. The molecule has 2 nitrogen and oxygen atoms in total. The second-order valence-corrected chi connectivity index (χ2v) is 7.00. The van der Waals surface area contributed by atoms with Crippen LogP contribution in [0.25, 0.3) is 21.5 Å². The zero-order valence-electron chi connectivity index (χ0n) is 12.6. The summed E-state index contributed by atoms with van der Waals surface area (Å²) in [7, 11) is 0. The minimum Gasteiger partial charge on any atom is -0.508 e. The number of fused-ring (bicyclic) bond motifs is 2. The molecule has 0 radical (unpaired) electrons. The third-order valence-electron chi connectivity index (χ3n) is 3.62. The molecule has 0 atom stereocenters. The van der Waals surface area contributed by atoms with Crippen molar-refractivity contribution in [1.82, 2.24) is 0 Å². The lowest BCUT2D eigenvalue weighted by Gasteiger charge is -1.99. The van der Waals surface area contributed by atoms with Gasteiger partial charge in [0.25, 0.3) is 0 Å². The van der Waals surface area contributed by atoms with Gasteiger partial charge in [-0.3, -0.25) is 0 Å². The SMILES string of the molecule is Oc1ccc2c(Br)cccc2c1.Oc1ccc2cccc(Br)c2c1. The Labute approximate surface area is 156 Å². The third kappa shape index (κ3) is 3.71. The predicted octanol–water partition coefficient (Wildman–Crippen LogP) is 6.62. The van der Waals surface area contributed by atoms with Crippen molar-refractivity contribution in [1.29, 1.82) is 0 Å². The van der Waals surface area contributed by atoms with E-state index in [2.05, 4.69) is 31.9 Å². The first kappa shape index (κ1) is 16.8. The third-order valence-corrected chi connectivity index (χ3v) is 5.01. The van der Waals surface area contributed by atoms with Crippen LogP contribution in [0.1, 0.15) is 0 Å². The van der Waals surface area contributed by atoms with Gasteiger partial charge >= 0.3 is 0 Å². The molecular formula is C20H14Br2O2. The highest BCUT2D eigenvalue weighted by molar-refractivity contribution is 9.11. The van der Waals surface area contributed by atoms with Crippen LogP contribution in [0.3, 0.4) is 0 Å². The first-order valence-corrected chi connectivity index (χ1v) is 8.88. The largest absolute Gasteiger partial charge is 0.508 e. The van der Waals surface area contributed by atoms with Gasteiger partial charge in [-0.05, 0) is 64.0 Å². The lowest BCUT2D eigenvalue weighted by atomic mass is 10.1. The molecule has 0 fully saturated rings. The zero-order valence-corrected chi connectivity index (χ0v) is 15.8. The monoisotopic (exact) mass is 444 g/mol. The Bertz CT molecular complexity index is 1010. The molecule has 120 valence electrons. The zero-order chi connectivity index (χ0) is 17.1. The summed E-state index contributed by atoms with van der Waals surface area (Å²) in [6, 6.07) is 22.5. The number of rotatable bonds is 0. The topological polar surface area (TPSA) is 40.5 Å². The van der Waals surface area contributed by atoms with E-state index in [1.165, 1.54) is 0 Å². The molecular weight excluding hydrogens is 432 g/mol. The van der Waals surface area contributed by atoms with E-state index in [-0.39, 0.29) is 0 Å². The van der Waals surface area contributed by atoms with Crippen molar-refractivity contribution in [3.8, 4) is 11.5 Å². The van der Waals surface area contributed by atoms with Crippen LogP contribution >= 0.6 is 31.9 Å². The fraction of sp³-hybridized carbons (Fsp3) is 0. The van der Waals surface area contributed by atoms with Crippen molar-refractivity contribution in [2.24, 2.45) is 0 Å². The molecule has 4 heteroatoms. The van der Waals surface area contributed by atoms with Crippen molar-refractivity contribution in [3.63, 3.8) is 0 Å². The van der Waals surface area contributed by atoms with Crippen molar-refractivity contribution in [3.05, 3.63) is 81.7 Å². The lowest BCUT2D eigenvalue weighted by Crippen LogP contribution is -1.73. The number of aromatic hydroxyl groups is 2. The molecule has 0 unspecified atom stereocenters. The summed E-state index contributed by atoms with van der Waals surface area (Å²) < 4.78 is 2.07. The van der Waals surface area contributed by atoms with E-state index in [1.807, 2.05) is 48.5 Å². The molecule has 0 aromatic heterocycles. The van der Waals surface area contributed by atoms with Crippen LogP contribution in [-0.4, -0.2) is 10.2 Å². The molecule has 0 heterocycles. The van der Waals surface area contributed by atoms with E-state index in [4.69, 9.17) is 0 Å². The number of phenols is 2. The molecule has 4 aromatic carbocycles. The van der Waals surface area contributed by atoms with Crippen LogP contribution in [0, 0.1) is 0 Å². The molecule has 0 saturated carbocycles. The standard InChI is InChI=1S/2C10H7BrO/c11-10-3-1-2-7-6-8(12)4-5-9(7)10;11-10-3-1-2-7-4-5-8(12)6-9(7)10/h2*1-6,12H. The van der Waals surface area contributed by atoms with Gasteiger partial charge in [-0.1, -0.05) is 62.2 Å². The summed E-state index contributed by atoms with van der Waals surface area (Å²) in [6.45, 7) is 0. The van der Waals surface area contributed by atoms with Crippen LogP contribution in [0.15, 0.2) is 81.7 Å². The Kier molecular flexibility index (Phi) is 5.07. The molecule has 4 aromatic rings. The Hall–Kier alpha value is -2.04. The molecule has 0 aliphatic rings. The Balaban J connectivity index is 0.000000141. The van der Waals surface area contributed by atoms with Gasteiger partial charge in [0.2, 0.25) is 0 Å². The molecule has 0 aliphatic carbocycles. The first-order valence-electron chi connectivity index (χ1n) is 7.29. The first-order chi connectivity index (χ1) is 11.5. The maximum absolute atomic E-state index is 9.23. The van der Waals surface area contributed by atoms with Crippen LogP contribution in [0.4, 0.5) is 0 Å². The van der Waals surface area contributed by atoms with Gasteiger partial charge in [0.05, 0.1) is 0 Å². The van der Waals surface area contributed by atoms with Crippen LogP contribution < -0.4 is 0 Å². The summed E-state index contributed by atoms with van der Waals surface area (Å²) in [4.78, 5) is 0. The van der Waals surface area contributed by atoms with Gasteiger partial charge in [0.15, 0.2) is 0 Å². The maximum Gasteiger partial charge on any atom is 0.116 e. The second-order valence-electron chi connectivity index (χ2n) is 5.29. The van der Waals surface area contributed by atoms with Gasteiger partial charge in [-0.2, -0.15) is 0 Å². The summed E-state index contributed by atoms with van der Waals surface area (Å²) in [5, 5.41) is 22.8. The van der Waals surface area contributed by atoms with Crippen LogP contribution in [-0.2, 0) is 0 Å². The van der Waals surface area contributed by atoms with Crippen molar-refractivity contribution < 1.29 is 10.2 Å². The van der Waals surface area contributed by atoms with Crippen molar-refractivity contribution >= 4 is 53.4 Å². The smallest absolute Gasteiger partial charge is 0.116 e. The van der Waals surface area contributed by atoms with Crippen molar-refractivity contribution in [2.45, 2.75) is 0 Å². The summed E-state index contributed by atoms with van der Waals surface area (Å²) in [5.74, 6) is 0.606. The fourth-order valence-electron chi connectivity index (χ4n) is 2.45.